The lowest BCUT2D eigenvalue weighted by Gasteiger charge is -2.03. The molecule has 12 heavy (non-hydrogen) atoms. The maximum absolute atomic E-state index is 5.71. The lowest BCUT2D eigenvalue weighted by atomic mass is 9.97. The standard InChI is InChI=1S/C11H22O/c1-4-6-8-10-11(3,12-10)9-7-5-2/h10H,4-9H2,1-3H3. The van der Waals surface area contributed by atoms with Crippen LogP contribution in [-0.4, -0.2) is 11.7 Å². The summed E-state index contributed by atoms with van der Waals surface area (Å²) in [5.74, 6) is 0. The number of hydrogen-bond acceptors (Lipinski definition) is 1. The van der Waals surface area contributed by atoms with Crippen LogP contribution < -0.4 is 0 Å². The van der Waals surface area contributed by atoms with E-state index in [1.165, 1.54) is 38.5 Å². The van der Waals surface area contributed by atoms with Crippen LogP contribution in [0.25, 0.3) is 0 Å². The summed E-state index contributed by atoms with van der Waals surface area (Å²) in [6, 6.07) is 0. The molecular weight excluding hydrogens is 148 g/mol. The molecule has 1 saturated heterocycles. The SMILES string of the molecule is CCCCC1OC1(C)CCCC. The molecule has 1 fully saturated rings. The Bertz CT molecular complexity index is 133. The fourth-order valence-corrected chi connectivity index (χ4v) is 1.79. The Morgan fingerprint density at radius 3 is 2.42 bits per heavy atom. The lowest BCUT2D eigenvalue weighted by molar-refractivity contribution is 0.289. The molecule has 1 nitrogen and oxygen atoms in total. The number of unbranched alkanes of at least 4 members (excludes halogenated alkanes) is 2. The molecule has 1 heterocycles. The Balaban J connectivity index is 2.10. The third-order valence-corrected chi connectivity index (χ3v) is 2.88. The molecule has 2 unspecified atom stereocenters. The highest BCUT2D eigenvalue weighted by atomic mass is 16.6. The van der Waals surface area contributed by atoms with Gasteiger partial charge in [0.05, 0.1) is 11.7 Å². The van der Waals surface area contributed by atoms with Crippen molar-refractivity contribution in [3.05, 3.63) is 0 Å². The van der Waals surface area contributed by atoms with Crippen LogP contribution in [0.4, 0.5) is 0 Å². The van der Waals surface area contributed by atoms with Crippen LogP contribution >= 0.6 is 0 Å². The van der Waals surface area contributed by atoms with E-state index in [9.17, 15) is 0 Å². The predicted octanol–water partition coefficient (Wildman–Crippen LogP) is 3.52. The van der Waals surface area contributed by atoms with Gasteiger partial charge in [-0.25, -0.2) is 0 Å². The molecule has 1 heteroatoms. The highest BCUT2D eigenvalue weighted by Gasteiger charge is 2.50. The summed E-state index contributed by atoms with van der Waals surface area (Å²) in [5, 5.41) is 0. The molecule has 72 valence electrons. The summed E-state index contributed by atoms with van der Waals surface area (Å²) >= 11 is 0. The van der Waals surface area contributed by atoms with Gasteiger partial charge >= 0.3 is 0 Å². The van der Waals surface area contributed by atoms with Gasteiger partial charge < -0.3 is 4.74 Å². The zero-order valence-corrected chi connectivity index (χ0v) is 8.73. The van der Waals surface area contributed by atoms with Crippen molar-refractivity contribution in [1.82, 2.24) is 0 Å². The van der Waals surface area contributed by atoms with Crippen molar-refractivity contribution in [3.63, 3.8) is 0 Å². The van der Waals surface area contributed by atoms with Crippen molar-refractivity contribution in [2.45, 2.75) is 71.0 Å². The summed E-state index contributed by atoms with van der Waals surface area (Å²) in [6.07, 6.45) is 8.35. The smallest absolute Gasteiger partial charge is 0.0920 e. The van der Waals surface area contributed by atoms with Gasteiger partial charge in [-0.15, -0.1) is 0 Å². The number of epoxide rings is 1. The number of rotatable bonds is 6. The molecule has 0 bridgehead atoms. The fraction of sp³-hybridized carbons (Fsp3) is 1.00. The highest BCUT2D eigenvalue weighted by Crippen LogP contribution is 2.43. The molecule has 0 N–H and O–H groups in total. The molecule has 2 atom stereocenters. The van der Waals surface area contributed by atoms with Gasteiger partial charge in [-0.05, 0) is 19.8 Å². The van der Waals surface area contributed by atoms with Gasteiger partial charge in [0.2, 0.25) is 0 Å². The molecule has 1 aliphatic rings. The molecule has 0 radical (unpaired) electrons. The van der Waals surface area contributed by atoms with Crippen molar-refractivity contribution < 1.29 is 4.74 Å². The van der Waals surface area contributed by atoms with Gasteiger partial charge in [-0.3, -0.25) is 0 Å². The first-order chi connectivity index (χ1) is 5.73. The second-order valence-electron chi connectivity index (χ2n) is 4.16. The van der Waals surface area contributed by atoms with E-state index in [1.54, 1.807) is 0 Å². The molecule has 0 aromatic rings. The van der Waals surface area contributed by atoms with E-state index >= 15 is 0 Å². The largest absolute Gasteiger partial charge is 0.366 e. The number of ether oxygens (including phenoxy) is 1. The zero-order chi connectivity index (χ0) is 9.03. The van der Waals surface area contributed by atoms with Crippen LogP contribution in [0.3, 0.4) is 0 Å². The van der Waals surface area contributed by atoms with E-state index in [0.29, 0.717) is 6.10 Å². The Morgan fingerprint density at radius 1 is 1.17 bits per heavy atom. The zero-order valence-electron chi connectivity index (χ0n) is 8.73. The summed E-state index contributed by atoms with van der Waals surface area (Å²) < 4.78 is 5.71. The Labute approximate surface area is 76.5 Å². The second kappa shape index (κ2) is 4.27. The van der Waals surface area contributed by atoms with E-state index < -0.39 is 0 Å². The van der Waals surface area contributed by atoms with Gasteiger partial charge in [0, 0.05) is 0 Å². The van der Waals surface area contributed by atoms with Crippen molar-refractivity contribution in [3.8, 4) is 0 Å². The van der Waals surface area contributed by atoms with Gasteiger partial charge in [-0.2, -0.15) is 0 Å². The highest BCUT2D eigenvalue weighted by molar-refractivity contribution is 4.98. The third-order valence-electron chi connectivity index (χ3n) is 2.88. The van der Waals surface area contributed by atoms with Gasteiger partial charge in [0.15, 0.2) is 0 Å². The number of hydrogen-bond donors (Lipinski definition) is 0. The van der Waals surface area contributed by atoms with Crippen LogP contribution in [0.15, 0.2) is 0 Å². The molecule has 1 rings (SSSR count). The molecule has 0 saturated carbocycles. The molecule has 0 amide bonds. The molecular formula is C11H22O. The molecule has 1 aliphatic heterocycles. The Kier molecular flexibility index (Phi) is 3.57. The van der Waals surface area contributed by atoms with Gasteiger partial charge in [0.1, 0.15) is 0 Å². The lowest BCUT2D eigenvalue weighted by Crippen LogP contribution is -2.09. The average Bonchev–Trinajstić information content (AvgIpc) is 2.71. The van der Waals surface area contributed by atoms with Gasteiger partial charge in [0.25, 0.3) is 0 Å². The molecule has 0 aromatic heterocycles. The third kappa shape index (κ3) is 2.48. The molecule has 0 spiro atoms. The van der Waals surface area contributed by atoms with Gasteiger partial charge in [-0.1, -0.05) is 39.5 Å². The molecule has 0 aliphatic carbocycles. The first-order valence-corrected chi connectivity index (χ1v) is 5.40. The summed E-state index contributed by atoms with van der Waals surface area (Å²) in [6.45, 7) is 6.75. The minimum Gasteiger partial charge on any atom is -0.366 e. The van der Waals surface area contributed by atoms with Crippen LogP contribution in [0, 0.1) is 0 Å². The molecule has 0 aromatic carbocycles. The minimum absolute atomic E-state index is 0.269. The first kappa shape index (κ1) is 10.0. The van der Waals surface area contributed by atoms with E-state index in [-0.39, 0.29) is 5.60 Å². The van der Waals surface area contributed by atoms with E-state index in [2.05, 4.69) is 20.8 Å². The quantitative estimate of drug-likeness (QED) is 0.556. The normalized spacial score (nSPS) is 33.8. The van der Waals surface area contributed by atoms with Crippen molar-refractivity contribution in [1.29, 1.82) is 0 Å². The van der Waals surface area contributed by atoms with Crippen molar-refractivity contribution >= 4 is 0 Å². The Hall–Kier alpha value is -0.0400. The van der Waals surface area contributed by atoms with Crippen molar-refractivity contribution in [2.24, 2.45) is 0 Å². The Morgan fingerprint density at radius 2 is 1.83 bits per heavy atom. The van der Waals surface area contributed by atoms with Crippen LogP contribution in [0.2, 0.25) is 0 Å². The topological polar surface area (TPSA) is 12.5 Å². The second-order valence-corrected chi connectivity index (χ2v) is 4.16. The van der Waals surface area contributed by atoms with Crippen LogP contribution in [-0.2, 0) is 4.74 Å². The van der Waals surface area contributed by atoms with E-state index in [4.69, 9.17) is 4.74 Å². The van der Waals surface area contributed by atoms with Crippen molar-refractivity contribution in [2.75, 3.05) is 0 Å². The fourth-order valence-electron chi connectivity index (χ4n) is 1.79. The first-order valence-electron chi connectivity index (χ1n) is 5.40. The van der Waals surface area contributed by atoms with E-state index in [1.807, 2.05) is 0 Å². The maximum Gasteiger partial charge on any atom is 0.0920 e. The summed E-state index contributed by atoms with van der Waals surface area (Å²) in [5.41, 5.74) is 0.269. The van der Waals surface area contributed by atoms with Crippen LogP contribution in [0.5, 0.6) is 0 Å². The monoisotopic (exact) mass is 170 g/mol. The minimum atomic E-state index is 0.269. The van der Waals surface area contributed by atoms with E-state index in [0.717, 1.165) is 0 Å². The summed E-state index contributed by atoms with van der Waals surface area (Å²) in [4.78, 5) is 0. The van der Waals surface area contributed by atoms with Crippen LogP contribution in [0.1, 0.15) is 59.3 Å². The maximum atomic E-state index is 5.71. The predicted molar refractivity (Wildman–Crippen MR) is 52.3 cm³/mol. The summed E-state index contributed by atoms with van der Waals surface area (Å²) in [7, 11) is 0. The average molecular weight is 170 g/mol.